The number of benzene rings is 4. The summed E-state index contributed by atoms with van der Waals surface area (Å²) >= 11 is 0. The zero-order valence-electron chi connectivity index (χ0n) is 26.7. The van der Waals surface area contributed by atoms with Gasteiger partial charge in [-0.25, -0.2) is 20.0 Å². The molecule has 2 fully saturated rings. The second kappa shape index (κ2) is 13.4. The van der Waals surface area contributed by atoms with Crippen LogP contribution in [0.4, 0.5) is 22.7 Å². The standard InChI is InChI=1S/C37H32N4O8/c1-3-48-35(46)37(36(47)49-4-2,29-31(42)38(25-17-9-5-10-18-25)39(32(29)43)26-19-11-6-12-20-26)30-33(44)40(27-21-13-7-14-22-27)41(34(30)45)28-23-15-8-16-24-28/h5-24,29-30H,3-4H2,1-2H3. The molecule has 0 aromatic heterocycles. The second-order valence-corrected chi connectivity index (χ2v) is 11.1. The first-order valence-electron chi connectivity index (χ1n) is 15.7. The predicted octanol–water partition coefficient (Wildman–Crippen LogP) is 4.32. The van der Waals surface area contributed by atoms with Crippen LogP contribution in [-0.2, 0) is 38.2 Å². The van der Waals surface area contributed by atoms with Crippen LogP contribution in [0.2, 0.25) is 0 Å². The molecule has 12 heteroatoms. The SMILES string of the molecule is CCOC(=O)C(C(=O)OCC)(C1C(=O)N(c2ccccc2)N(c2ccccc2)C1=O)C1C(=O)N(c2ccccc2)N(c2ccccc2)C1=O. The number of para-hydroxylation sites is 4. The zero-order valence-corrected chi connectivity index (χ0v) is 26.7. The Labute approximate surface area is 282 Å². The van der Waals surface area contributed by atoms with Crippen molar-refractivity contribution in [3.63, 3.8) is 0 Å². The summed E-state index contributed by atoms with van der Waals surface area (Å²) in [5.74, 6) is -11.5. The fraction of sp³-hybridized carbons (Fsp3) is 0.189. The van der Waals surface area contributed by atoms with Crippen molar-refractivity contribution in [2.75, 3.05) is 33.2 Å². The van der Waals surface area contributed by atoms with E-state index in [9.17, 15) is 28.8 Å². The molecule has 2 aliphatic rings. The molecule has 0 atom stereocenters. The van der Waals surface area contributed by atoms with Gasteiger partial charge in [-0.3, -0.25) is 28.8 Å². The van der Waals surface area contributed by atoms with Gasteiger partial charge in [-0.05, 0) is 62.4 Å². The Morgan fingerprint density at radius 1 is 0.469 bits per heavy atom. The maximum atomic E-state index is 14.8. The van der Waals surface area contributed by atoms with E-state index in [-0.39, 0.29) is 36.0 Å². The molecule has 4 amide bonds. The van der Waals surface area contributed by atoms with E-state index >= 15 is 0 Å². The van der Waals surface area contributed by atoms with Crippen LogP contribution in [0.1, 0.15) is 13.8 Å². The summed E-state index contributed by atoms with van der Waals surface area (Å²) in [5.41, 5.74) is -2.16. The second-order valence-electron chi connectivity index (χ2n) is 11.1. The lowest BCUT2D eigenvalue weighted by atomic mass is 9.65. The molecule has 2 aliphatic heterocycles. The highest BCUT2D eigenvalue weighted by molar-refractivity contribution is 6.33. The van der Waals surface area contributed by atoms with Crippen molar-refractivity contribution in [2.45, 2.75) is 13.8 Å². The molecular formula is C37H32N4O8. The van der Waals surface area contributed by atoms with Gasteiger partial charge in [0.05, 0.1) is 36.0 Å². The molecule has 2 heterocycles. The molecule has 0 spiro atoms. The van der Waals surface area contributed by atoms with Gasteiger partial charge in [0.25, 0.3) is 23.6 Å². The molecule has 4 aromatic carbocycles. The van der Waals surface area contributed by atoms with Crippen molar-refractivity contribution in [3.05, 3.63) is 121 Å². The van der Waals surface area contributed by atoms with Crippen molar-refractivity contribution in [2.24, 2.45) is 17.3 Å². The van der Waals surface area contributed by atoms with Crippen molar-refractivity contribution in [3.8, 4) is 0 Å². The van der Waals surface area contributed by atoms with E-state index in [1.54, 1.807) is 121 Å². The van der Waals surface area contributed by atoms with Crippen LogP contribution in [-0.4, -0.2) is 48.8 Å². The number of anilines is 4. The molecule has 0 aliphatic carbocycles. The van der Waals surface area contributed by atoms with Gasteiger partial charge >= 0.3 is 11.9 Å². The monoisotopic (exact) mass is 660 g/mol. The van der Waals surface area contributed by atoms with Crippen LogP contribution in [0.3, 0.4) is 0 Å². The number of carbonyl (C=O) groups excluding carboxylic acids is 6. The molecule has 0 radical (unpaired) electrons. The van der Waals surface area contributed by atoms with Crippen molar-refractivity contribution < 1.29 is 38.2 Å². The number of nitrogens with zero attached hydrogens (tertiary/aromatic N) is 4. The maximum Gasteiger partial charge on any atom is 0.326 e. The molecular weight excluding hydrogens is 628 g/mol. The van der Waals surface area contributed by atoms with Crippen LogP contribution in [0, 0.1) is 17.3 Å². The zero-order chi connectivity index (χ0) is 34.7. The molecule has 12 nitrogen and oxygen atoms in total. The highest BCUT2D eigenvalue weighted by Gasteiger charge is 2.75. The number of esters is 2. The molecule has 49 heavy (non-hydrogen) atoms. The first-order chi connectivity index (χ1) is 23.8. The highest BCUT2D eigenvalue weighted by atomic mass is 16.6. The molecule has 0 unspecified atom stereocenters. The average molecular weight is 661 g/mol. The number of carbonyl (C=O) groups is 6. The first-order valence-corrected chi connectivity index (χ1v) is 15.7. The van der Waals surface area contributed by atoms with E-state index < -0.39 is 52.8 Å². The lowest BCUT2D eigenvalue weighted by molar-refractivity contribution is -0.186. The Morgan fingerprint density at radius 2 is 0.694 bits per heavy atom. The van der Waals surface area contributed by atoms with E-state index in [2.05, 4.69) is 0 Å². The molecule has 248 valence electrons. The Balaban J connectivity index is 1.63. The fourth-order valence-corrected chi connectivity index (χ4v) is 6.34. The number of hydrogen-bond acceptors (Lipinski definition) is 8. The summed E-state index contributed by atoms with van der Waals surface area (Å²) in [6.45, 7) is 2.31. The Kier molecular flexibility index (Phi) is 8.95. The molecule has 0 bridgehead atoms. The van der Waals surface area contributed by atoms with Gasteiger partial charge in [0, 0.05) is 0 Å². The normalized spacial score (nSPS) is 15.7. The van der Waals surface area contributed by atoms with Gasteiger partial charge in [-0.15, -0.1) is 0 Å². The summed E-state index contributed by atoms with van der Waals surface area (Å²) in [6.07, 6.45) is 0. The summed E-state index contributed by atoms with van der Waals surface area (Å²) < 4.78 is 10.9. The van der Waals surface area contributed by atoms with Crippen molar-refractivity contribution >= 4 is 58.3 Å². The number of hydrogen-bond donors (Lipinski definition) is 0. The molecule has 0 N–H and O–H groups in total. The summed E-state index contributed by atoms with van der Waals surface area (Å²) in [7, 11) is 0. The Hall–Kier alpha value is -6.30. The number of amides is 4. The van der Waals surface area contributed by atoms with Crippen LogP contribution in [0.25, 0.3) is 0 Å². The van der Waals surface area contributed by atoms with Crippen molar-refractivity contribution in [1.82, 2.24) is 0 Å². The topological polar surface area (TPSA) is 134 Å². The summed E-state index contributed by atoms with van der Waals surface area (Å²) in [5, 5.41) is 4.12. The van der Waals surface area contributed by atoms with Crippen LogP contribution >= 0.6 is 0 Å². The minimum atomic E-state index is -3.08. The van der Waals surface area contributed by atoms with Gasteiger partial charge in [-0.1, -0.05) is 72.8 Å². The predicted molar refractivity (Wildman–Crippen MR) is 178 cm³/mol. The van der Waals surface area contributed by atoms with Gasteiger partial charge < -0.3 is 9.47 Å². The largest absolute Gasteiger partial charge is 0.465 e. The van der Waals surface area contributed by atoms with Gasteiger partial charge in [0.15, 0.2) is 0 Å². The maximum absolute atomic E-state index is 14.8. The third kappa shape index (κ3) is 5.27. The lowest BCUT2D eigenvalue weighted by Gasteiger charge is -2.34. The summed E-state index contributed by atoms with van der Waals surface area (Å²) in [4.78, 5) is 88.4. The Bertz CT molecular complexity index is 1630. The molecule has 6 rings (SSSR count). The number of ether oxygens (including phenoxy) is 2. The molecule has 0 saturated carbocycles. The number of rotatable bonds is 10. The minimum Gasteiger partial charge on any atom is -0.465 e. The van der Waals surface area contributed by atoms with E-state index in [1.165, 1.54) is 13.8 Å². The Morgan fingerprint density at radius 3 is 0.898 bits per heavy atom. The fourth-order valence-electron chi connectivity index (χ4n) is 6.34. The third-order valence-electron chi connectivity index (χ3n) is 8.36. The minimum absolute atomic E-state index is 0.231. The van der Waals surface area contributed by atoms with E-state index in [4.69, 9.17) is 9.47 Å². The highest BCUT2D eigenvalue weighted by Crippen LogP contribution is 2.50. The molecule has 4 aromatic rings. The van der Waals surface area contributed by atoms with Gasteiger partial charge in [0.2, 0.25) is 5.41 Å². The number of hydrazine groups is 2. The average Bonchev–Trinajstić information content (AvgIpc) is 3.55. The third-order valence-corrected chi connectivity index (χ3v) is 8.36. The van der Waals surface area contributed by atoms with Crippen LogP contribution in [0.5, 0.6) is 0 Å². The van der Waals surface area contributed by atoms with Gasteiger partial charge in [-0.2, -0.15) is 0 Å². The first kappa shape index (κ1) is 32.6. The molecule has 2 saturated heterocycles. The quantitative estimate of drug-likeness (QED) is 0.181. The van der Waals surface area contributed by atoms with Gasteiger partial charge in [0.1, 0.15) is 11.8 Å². The van der Waals surface area contributed by atoms with Crippen molar-refractivity contribution in [1.29, 1.82) is 0 Å². The van der Waals surface area contributed by atoms with Crippen LogP contribution < -0.4 is 20.0 Å². The summed E-state index contributed by atoms with van der Waals surface area (Å²) in [6, 6.07) is 32.6. The van der Waals surface area contributed by atoms with E-state index in [0.717, 1.165) is 20.0 Å². The smallest absolute Gasteiger partial charge is 0.326 e. The van der Waals surface area contributed by atoms with E-state index in [0.29, 0.717) is 0 Å². The van der Waals surface area contributed by atoms with Crippen LogP contribution in [0.15, 0.2) is 121 Å². The van der Waals surface area contributed by atoms with E-state index in [1.807, 2.05) is 0 Å². The lowest BCUT2D eigenvalue weighted by Crippen LogP contribution is -2.60.